The second kappa shape index (κ2) is 3.99. The Morgan fingerprint density at radius 1 is 1.31 bits per heavy atom. The molecule has 1 N–H and O–H groups in total. The molecule has 1 aliphatic rings. The molecule has 13 heavy (non-hydrogen) atoms. The van der Waals surface area contributed by atoms with Crippen molar-refractivity contribution in [1.82, 2.24) is 10.2 Å². The van der Waals surface area contributed by atoms with E-state index >= 15 is 0 Å². The van der Waals surface area contributed by atoms with Crippen molar-refractivity contribution >= 4 is 6.03 Å². The third-order valence-electron chi connectivity index (χ3n) is 2.60. The summed E-state index contributed by atoms with van der Waals surface area (Å²) < 4.78 is 0. The van der Waals surface area contributed by atoms with Crippen LogP contribution in [0.4, 0.5) is 4.79 Å². The normalized spacial score (nSPS) is 28.2. The Kier molecular flexibility index (Phi) is 3.17. The maximum Gasteiger partial charge on any atom is 0.318 e. The third kappa shape index (κ3) is 2.36. The number of hydrogen-bond donors (Lipinski definition) is 1. The predicted octanol–water partition coefficient (Wildman–Crippen LogP) is 1.98. The van der Waals surface area contributed by atoms with Crippen LogP contribution < -0.4 is 5.32 Å². The number of carbonyl (C=O) groups excluding carboxylic acids is 1. The number of hydrogen-bond acceptors (Lipinski definition) is 1. The van der Waals surface area contributed by atoms with Gasteiger partial charge >= 0.3 is 6.03 Å². The van der Waals surface area contributed by atoms with Gasteiger partial charge in [0.05, 0.1) is 0 Å². The highest BCUT2D eigenvalue weighted by Crippen LogP contribution is 2.23. The van der Waals surface area contributed by atoms with Crippen molar-refractivity contribution in [3.05, 3.63) is 0 Å². The zero-order valence-electron chi connectivity index (χ0n) is 9.00. The Balaban J connectivity index is 2.54. The minimum Gasteiger partial charge on any atom is -0.336 e. The molecular formula is C10H20N2O. The molecule has 2 atom stereocenters. The van der Waals surface area contributed by atoms with Gasteiger partial charge in [0.25, 0.3) is 0 Å². The quantitative estimate of drug-likeness (QED) is 0.664. The fraction of sp³-hybridized carbons (Fsp3) is 0.900. The van der Waals surface area contributed by atoms with E-state index in [2.05, 4.69) is 19.2 Å². The number of urea groups is 1. The highest BCUT2D eigenvalue weighted by atomic mass is 16.2. The van der Waals surface area contributed by atoms with Crippen molar-refractivity contribution in [1.29, 1.82) is 0 Å². The summed E-state index contributed by atoms with van der Waals surface area (Å²) in [5.74, 6) is 0. The van der Waals surface area contributed by atoms with Gasteiger partial charge in [-0.2, -0.15) is 0 Å². The first-order chi connectivity index (χ1) is 6.02. The molecule has 2 amide bonds. The first-order valence-electron chi connectivity index (χ1n) is 5.11. The molecule has 0 saturated carbocycles. The Bertz CT molecular complexity index is 181. The van der Waals surface area contributed by atoms with Crippen LogP contribution in [0.25, 0.3) is 0 Å². The van der Waals surface area contributed by atoms with Crippen molar-refractivity contribution < 1.29 is 4.79 Å². The van der Waals surface area contributed by atoms with Crippen LogP contribution in [0.5, 0.6) is 0 Å². The molecule has 1 fully saturated rings. The predicted molar refractivity (Wildman–Crippen MR) is 53.7 cm³/mol. The van der Waals surface area contributed by atoms with Gasteiger partial charge in [-0.3, -0.25) is 0 Å². The van der Waals surface area contributed by atoms with Crippen LogP contribution in [0.1, 0.15) is 40.5 Å². The van der Waals surface area contributed by atoms with E-state index in [1.807, 2.05) is 18.7 Å². The molecule has 1 rings (SSSR count). The molecule has 0 aromatic rings. The van der Waals surface area contributed by atoms with Gasteiger partial charge in [-0.25, -0.2) is 4.79 Å². The van der Waals surface area contributed by atoms with Gasteiger partial charge in [0.1, 0.15) is 0 Å². The Morgan fingerprint density at radius 2 is 1.77 bits per heavy atom. The van der Waals surface area contributed by atoms with Gasteiger partial charge in [0.15, 0.2) is 0 Å². The highest BCUT2D eigenvalue weighted by Gasteiger charge is 2.31. The molecule has 3 heteroatoms. The number of carbonyl (C=O) groups is 1. The minimum atomic E-state index is 0.0903. The largest absolute Gasteiger partial charge is 0.336 e. The number of nitrogens with one attached hydrogen (secondary N) is 1. The van der Waals surface area contributed by atoms with Crippen LogP contribution in [0.15, 0.2) is 0 Å². The summed E-state index contributed by atoms with van der Waals surface area (Å²) in [7, 11) is 0. The van der Waals surface area contributed by atoms with Gasteiger partial charge in [0, 0.05) is 18.1 Å². The first kappa shape index (κ1) is 10.4. The Hall–Kier alpha value is -0.730. The van der Waals surface area contributed by atoms with Gasteiger partial charge in [-0.1, -0.05) is 0 Å². The van der Waals surface area contributed by atoms with Crippen LogP contribution in [0, 0.1) is 0 Å². The molecule has 0 aliphatic carbocycles. The van der Waals surface area contributed by atoms with E-state index in [9.17, 15) is 4.79 Å². The van der Waals surface area contributed by atoms with Crippen LogP contribution in [0.2, 0.25) is 0 Å². The lowest BCUT2D eigenvalue weighted by atomic mass is 10.2. The molecule has 1 aliphatic heterocycles. The lowest BCUT2D eigenvalue weighted by Crippen LogP contribution is -2.47. The fourth-order valence-corrected chi connectivity index (χ4v) is 1.92. The summed E-state index contributed by atoms with van der Waals surface area (Å²) in [6.45, 7) is 8.21. The van der Waals surface area contributed by atoms with E-state index in [1.165, 1.54) is 0 Å². The van der Waals surface area contributed by atoms with Crippen LogP contribution in [-0.4, -0.2) is 29.1 Å². The fourth-order valence-electron chi connectivity index (χ4n) is 1.92. The Labute approximate surface area is 80.5 Å². The molecule has 3 nitrogen and oxygen atoms in total. The molecule has 76 valence electrons. The summed E-state index contributed by atoms with van der Waals surface area (Å²) >= 11 is 0. The summed E-state index contributed by atoms with van der Waals surface area (Å²) in [6.07, 6.45) is 2.26. The van der Waals surface area contributed by atoms with Crippen LogP contribution in [0.3, 0.4) is 0 Å². The number of rotatable bonds is 1. The van der Waals surface area contributed by atoms with Crippen molar-refractivity contribution in [2.24, 2.45) is 0 Å². The molecule has 0 aromatic carbocycles. The second-order valence-corrected chi connectivity index (χ2v) is 4.29. The van der Waals surface area contributed by atoms with Crippen molar-refractivity contribution in [3.63, 3.8) is 0 Å². The van der Waals surface area contributed by atoms with Crippen LogP contribution >= 0.6 is 0 Å². The highest BCUT2D eigenvalue weighted by molar-refractivity contribution is 5.75. The zero-order chi connectivity index (χ0) is 10.0. The molecule has 0 spiro atoms. The molecule has 0 aromatic heterocycles. The summed E-state index contributed by atoms with van der Waals surface area (Å²) in [6, 6.07) is 1.11. The van der Waals surface area contributed by atoms with Crippen LogP contribution in [-0.2, 0) is 0 Å². The third-order valence-corrected chi connectivity index (χ3v) is 2.60. The molecule has 0 bridgehead atoms. The summed E-state index contributed by atoms with van der Waals surface area (Å²) in [5, 5.41) is 2.93. The van der Waals surface area contributed by atoms with E-state index in [0.717, 1.165) is 12.8 Å². The number of likely N-dealkylation sites (tertiary alicyclic amines) is 1. The van der Waals surface area contributed by atoms with Gasteiger partial charge < -0.3 is 10.2 Å². The molecule has 0 radical (unpaired) electrons. The maximum absolute atomic E-state index is 11.7. The second-order valence-electron chi connectivity index (χ2n) is 4.29. The molecule has 1 saturated heterocycles. The summed E-state index contributed by atoms with van der Waals surface area (Å²) in [4.78, 5) is 13.6. The van der Waals surface area contributed by atoms with E-state index in [0.29, 0.717) is 12.1 Å². The van der Waals surface area contributed by atoms with Crippen molar-refractivity contribution in [2.75, 3.05) is 0 Å². The van der Waals surface area contributed by atoms with Gasteiger partial charge in [0.2, 0.25) is 0 Å². The number of amides is 2. The lowest BCUT2D eigenvalue weighted by molar-refractivity contribution is 0.178. The smallest absolute Gasteiger partial charge is 0.318 e. The van der Waals surface area contributed by atoms with Crippen molar-refractivity contribution in [2.45, 2.75) is 58.7 Å². The standard InChI is InChI=1S/C10H20N2O/c1-7(2)11-10(13)12-8(3)5-6-9(12)4/h7-9H,5-6H2,1-4H3,(H,11,13). The van der Waals surface area contributed by atoms with E-state index < -0.39 is 0 Å². The van der Waals surface area contributed by atoms with Crippen molar-refractivity contribution in [3.8, 4) is 0 Å². The SMILES string of the molecule is CC(C)NC(=O)N1C(C)CCC1C. The molecule has 1 heterocycles. The number of nitrogens with zero attached hydrogens (tertiary/aromatic N) is 1. The topological polar surface area (TPSA) is 32.3 Å². The lowest BCUT2D eigenvalue weighted by Gasteiger charge is -2.27. The van der Waals surface area contributed by atoms with E-state index in [4.69, 9.17) is 0 Å². The average Bonchev–Trinajstić information content (AvgIpc) is 2.29. The average molecular weight is 184 g/mol. The minimum absolute atomic E-state index is 0.0903. The maximum atomic E-state index is 11.7. The van der Waals surface area contributed by atoms with E-state index in [1.54, 1.807) is 0 Å². The monoisotopic (exact) mass is 184 g/mol. The van der Waals surface area contributed by atoms with Gasteiger partial charge in [-0.15, -0.1) is 0 Å². The summed E-state index contributed by atoms with van der Waals surface area (Å²) in [5.41, 5.74) is 0. The van der Waals surface area contributed by atoms with Gasteiger partial charge in [-0.05, 0) is 40.5 Å². The van der Waals surface area contributed by atoms with E-state index in [-0.39, 0.29) is 12.1 Å². The molecular weight excluding hydrogens is 164 g/mol. The first-order valence-corrected chi connectivity index (χ1v) is 5.11. The zero-order valence-corrected chi connectivity index (χ0v) is 9.00. The Morgan fingerprint density at radius 3 is 2.15 bits per heavy atom. The molecule has 2 unspecified atom stereocenters.